The highest BCUT2D eigenvalue weighted by molar-refractivity contribution is 7.87. The predicted octanol–water partition coefficient (Wildman–Crippen LogP) is 5.10. The molecule has 0 unspecified atom stereocenters. The summed E-state index contributed by atoms with van der Waals surface area (Å²) in [6.07, 6.45) is 5.59. The Kier molecular flexibility index (Phi) is 11.6. The predicted molar refractivity (Wildman–Crippen MR) is 138 cm³/mol. The molecule has 0 heterocycles. The molecule has 0 aromatic heterocycles. The van der Waals surface area contributed by atoms with E-state index < -0.39 is 32.2 Å². The number of hydrogen-bond acceptors (Lipinski definition) is 8. The summed E-state index contributed by atoms with van der Waals surface area (Å²) in [7, 11) is -7.87. The summed E-state index contributed by atoms with van der Waals surface area (Å²) in [4.78, 5) is 24.1. The van der Waals surface area contributed by atoms with Gasteiger partial charge in [0, 0.05) is 0 Å². The molecule has 0 aliphatic carbocycles. The molecule has 8 nitrogen and oxygen atoms in total. The third-order valence-corrected chi connectivity index (χ3v) is 8.06. The Morgan fingerprint density at radius 3 is 1.19 bits per heavy atom. The van der Waals surface area contributed by atoms with E-state index in [1.165, 1.54) is 12.1 Å². The van der Waals surface area contributed by atoms with Gasteiger partial charge in [0.2, 0.25) is 0 Å². The number of carbonyl (C=O) groups excluding carboxylic acids is 2. The Bertz CT molecular complexity index is 1140. The fourth-order valence-corrected chi connectivity index (χ4v) is 5.55. The molecule has 36 heavy (non-hydrogen) atoms. The molecule has 0 aliphatic rings. The Morgan fingerprint density at radius 2 is 0.861 bits per heavy atom. The summed E-state index contributed by atoms with van der Waals surface area (Å²) in [5, 5.41) is 0. The molecule has 0 saturated heterocycles. The average Bonchev–Trinajstić information content (AvgIpc) is 2.80. The Labute approximate surface area is 214 Å². The first-order valence-electron chi connectivity index (χ1n) is 12.0. The van der Waals surface area contributed by atoms with Crippen LogP contribution in [0.25, 0.3) is 0 Å². The van der Waals surface area contributed by atoms with Crippen molar-refractivity contribution in [3.05, 3.63) is 70.8 Å². The summed E-state index contributed by atoms with van der Waals surface area (Å²) in [5.41, 5.74) is 1.77. The van der Waals surface area contributed by atoms with Crippen LogP contribution in [-0.2, 0) is 28.6 Å². The highest BCUT2D eigenvalue weighted by atomic mass is 32.2. The van der Waals surface area contributed by atoms with Gasteiger partial charge < -0.3 is 8.37 Å². The number of rotatable bonds is 15. The number of unbranched alkanes of at least 4 members (excludes halogenated alkanes) is 7. The molecule has 0 aliphatic heterocycles. The molecule has 10 heteroatoms. The maximum Gasteiger partial charge on any atom is 0.354 e. The van der Waals surface area contributed by atoms with Gasteiger partial charge in [-0.15, -0.1) is 0 Å². The van der Waals surface area contributed by atoms with E-state index in [9.17, 15) is 26.4 Å². The Morgan fingerprint density at radius 1 is 0.556 bits per heavy atom. The van der Waals surface area contributed by atoms with E-state index >= 15 is 0 Å². The summed E-state index contributed by atoms with van der Waals surface area (Å²) in [5.74, 6) is -2.16. The third-order valence-electron chi connectivity index (χ3n) is 5.67. The van der Waals surface area contributed by atoms with Crippen molar-refractivity contribution in [3.8, 4) is 0 Å². The van der Waals surface area contributed by atoms with Crippen molar-refractivity contribution in [1.82, 2.24) is 0 Å². The second kappa shape index (κ2) is 14.1. The van der Waals surface area contributed by atoms with Crippen LogP contribution < -0.4 is 0 Å². The zero-order valence-corrected chi connectivity index (χ0v) is 22.4. The minimum absolute atomic E-state index is 0.219. The molecule has 0 fully saturated rings. The van der Waals surface area contributed by atoms with Gasteiger partial charge in [-0.05, 0) is 49.9 Å². The van der Waals surface area contributed by atoms with Crippen LogP contribution in [0.15, 0.2) is 48.5 Å². The molecule has 0 bridgehead atoms. The van der Waals surface area contributed by atoms with Gasteiger partial charge in [0.1, 0.15) is 0 Å². The van der Waals surface area contributed by atoms with Crippen LogP contribution in [0.1, 0.15) is 83.2 Å². The fraction of sp³-hybridized carbons (Fsp3) is 0.462. The largest absolute Gasteiger partial charge is 0.354 e. The summed E-state index contributed by atoms with van der Waals surface area (Å²) >= 11 is 0. The van der Waals surface area contributed by atoms with Crippen molar-refractivity contribution in [2.24, 2.45) is 0 Å². The van der Waals surface area contributed by atoms with Crippen molar-refractivity contribution in [2.75, 3.05) is 11.5 Å². The van der Waals surface area contributed by atoms with E-state index in [1.807, 2.05) is 0 Å². The zero-order valence-electron chi connectivity index (χ0n) is 20.8. The molecule has 0 spiro atoms. The monoisotopic (exact) mass is 538 g/mol. The molecule has 0 radical (unpaired) electrons. The Hall–Kier alpha value is -2.72. The minimum atomic E-state index is -3.94. The van der Waals surface area contributed by atoms with E-state index in [1.54, 1.807) is 50.2 Å². The van der Waals surface area contributed by atoms with Gasteiger partial charge in [-0.3, -0.25) is 0 Å². The molecule has 0 saturated carbocycles. The molecule has 0 N–H and O–H groups in total. The molecule has 2 rings (SSSR count). The van der Waals surface area contributed by atoms with Crippen LogP contribution in [0.5, 0.6) is 0 Å². The average molecular weight is 539 g/mol. The van der Waals surface area contributed by atoms with Gasteiger partial charge in [0.25, 0.3) is 0 Å². The van der Waals surface area contributed by atoms with Crippen LogP contribution in [0, 0.1) is 13.8 Å². The molecule has 2 aromatic carbocycles. The third kappa shape index (κ3) is 10.5. The number of hydrogen-bond donors (Lipinski definition) is 0. The zero-order chi connectivity index (χ0) is 26.6. The maximum atomic E-state index is 12.1. The van der Waals surface area contributed by atoms with E-state index in [-0.39, 0.29) is 22.6 Å². The highest BCUT2D eigenvalue weighted by Crippen LogP contribution is 2.15. The first-order valence-corrected chi connectivity index (χ1v) is 15.2. The molecule has 198 valence electrons. The Balaban J connectivity index is 1.55. The van der Waals surface area contributed by atoms with Crippen LogP contribution in [0.4, 0.5) is 0 Å². The lowest BCUT2D eigenvalue weighted by Crippen LogP contribution is -2.17. The van der Waals surface area contributed by atoms with Crippen LogP contribution in [0.3, 0.4) is 0 Å². The summed E-state index contributed by atoms with van der Waals surface area (Å²) < 4.78 is 57.6. The van der Waals surface area contributed by atoms with Crippen molar-refractivity contribution in [1.29, 1.82) is 0 Å². The van der Waals surface area contributed by atoms with E-state index in [2.05, 4.69) is 0 Å². The van der Waals surface area contributed by atoms with Crippen LogP contribution >= 0.6 is 0 Å². The minimum Gasteiger partial charge on any atom is -0.341 e. The van der Waals surface area contributed by atoms with Gasteiger partial charge in [-0.25, -0.2) is 9.59 Å². The first kappa shape index (κ1) is 29.5. The number of aryl methyl sites for hydroxylation is 2. The number of carbonyl (C=O) groups is 2. The molecule has 0 amide bonds. The van der Waals surface area contributed by atoms with Crippen molar-refractivity contribution in [3.63, 3.8) is 0 Å². The van der Waals surface area contributed by atoms with E-state index in [0.717, 1.165) is 25.7 Å². The van der Waals surface area contributed by atoms with E-state index in [0.29, 0.717) is 36.8 Å². The lowest BCUT2D eigenvalue weighted by atomic mass is 10.1. The quantitative estimate of drug-likeness (QED) is 0.227. The maximum absolute atomic E-state index is 12.1. The first-order chi connectivity index (χ1) is 17.0. The number of benzene rings is 2. The molecule has 0 atom stereocenters. The lowest BCUT2D eigenvalue weighted by molar-refractivity contribution is 0.0734. The van der Waals surface area contributed by atoms with Gasteiger partial charge in [-0.1, -0.05) is 74.9 Å². The SMILES string of the molecule is Cc1ccccc1C(=O)OS(=O)(=O)CCCCCCCCCCS(=O)(=O)OC(=O)c1ccccc1C. The second-order valence-corrected chi connectivity index (χ2v) is 12.1. The van der Waals surface area contributed by atoms with Gasteiger partial charge in [0.05, 0.1) is 22.6 Å². The van der Waals surface area contributed by atoms with Crippen molar-refractivity contribution in [2.45, 2.75) is 65.2 Å². The van der Waals surface area contributed by atoms with Crippen molar-refractivity contribution >= 4 is 32.2 Å². The molecular weight excluding hydrogens is 504 g/mol. The van der Waals surface area contributed by atoms with Gasteiger partial charge >= 0.3 is 32.2 Å². The smallest absolute Gasteiger partial charge is 0.341 e. The molecule has 2 aromatic rings. The normalized spacial score (nSPS) is 11.7. The van der Waals surface area contributed by atoms with Gasteiger partial charge in [0.15, 0.2) is 0 Å². The van der Waals surface area contributed by atoms with E-state index in [4.69, 9.17) is 8.37 Å². The topological polar surface area (TPSA) is 121 Å². The standard InChI is InChI=1S/C26H34O8S2/c1-21-15-9-11-17-23(21)25(27)33-35(29,30)19-13-7-5-3-4-6-8-14-20-36(31,32)34-26(28)24-18-12-10-16-22(24)2/h9-12,15-18H,3-8,13-14,19-20H2,1-2H3. The molecular formula is C26H34O8S2. The fourth-order valence-electron chi connectivity index (χ4n) is 3.63. The lowest BCUT2D eigenvalue weighted by Gasteiger charge is -2.08. The second-order valence-electron chi connectivity index (χ2n) is 8.72. The van der Waals surface area contributed by atoms with Crippen LogP contribution in [0.2, 0.25) is 0 Å². The van der Waals surface area contributed by atoms with Crippen LogP contribution in [-0.4, -0.2) is 40.3 Å². The van der Waals surface area contributed by atoms with Gasteiger partial charge in [-0.2, -0.15) is 16.8 Å². The highest BCUT2D eigenvalue weighted by Gasteiger charge is 2.20. The summed E-state index contributed by atoms with van der Waals surface area (Å²) in [6, 6.07) is 13.3. The summed E-state index contributed by atoms with van der Waals surface area (Å²) in [6.45, 7) is 3.42. The van der Waals surface area contributed by atoms with Crippen molar-refractivity contribution < 1.29 is 34.8 Å².